The van der Waals surface area contributed by atoms with E-state index in [1.807, 2.05) is 25.1 Å². The second-order valence-electron chi connectivity index (χ2n) is 4.61. The number of benzene rings is 1. The Hall–Kier alpha value is -1.59. The van der Waals surface area contributed by atoms with Gasteiger partial charge in [0, 0.05) is 29.2 Å². The SMILES string of the molecule is COc1ccc(CNC(C)c2nc(C)cs2)c(OC)c1. The summed E-state index contributed by atoms with van der Waals surface area (Å²) in [7, 11) is 3.32. The highest BCUT2D eigenvalue weighted by atomic mass is 32.1. The van der Waals surface area contributed by atoms with Gasteiger partial charge in [0.2, 0.25) is 0 Å². The van der Waals surface area contributed by atoms with Crippen LogP contribution in [-0.2, 0) is 6.54 Å². The van der Waals surface area contributed by atoms with Gasteiger partial charge in [-0.3, -0.25) is 0 Å². The number of nitrogens with zero attached hydrogens (tertiary/aromatic N) is 1. The Morgan fingerprint density at radius 2 is 2.10 bits per heavy atom. The van der Waals surface area contributed by atoms with Crippen molar-refractivity contribution >= 4 is 11.3 Å². The molecule has 2 rings (SSSR count). The average molecular weight is 292 g/mol. The number of nitrogens with one attached hydrogen (secondary N) is 1. The molecule has 1 N–H and O–H groups in total. The molecular weight excluding hydrogens is 272 g/mol. The largest absolute Gasteiger partial charge is 0.497 e. The highest BCUT2D eigenvalue weighted by Gasteiger charge is 2.11. The third-order valence-electron chi connectivity index (χ3n) is 3.10. The molecule has 0 radical (unpaired) electrons. The number of hydrogen-bond acceptors (Lipinski definition) is 5. The summed E-state index contributed by atoms with van der Waals surface area (Å²) in [6.45, 7) is 4.86. The predicted molar refractivity (Wildman–Crippen MR) is 81.7 cm³/mol. The minimum Gasteiger partial charge on any atom is -0.497 e. The standard InChI is InChI=1S/C15H20N2O2S/c1-10-9-20-15(17-10)11(2)16-8-12-5-6-13(18-3)7-14(12)19-4/h5-7,9,11,16H,8H2,1-4H3. The Balaban J connectivity index is 2.03. The zero-order chi connectivity index (χ0) is 14.5. The molecule has 1 heterocycles. The normalized spacial score (nSPS) is 12.2. The van der Waals surface area contributed by atoms with Crippen molar-refractivity contribution in [2.45, 2.75) is 26.4 Å². The van der Waals surface area contributed by atoms with E-state index < -0.39 is 0 Å². The first-order valence-corrected chi connectivity index (χ1v) is 7.38. The summed E-state index contributed by atoms with van der Waals surface area (Å²) in [6.07, 6.45) is 0. The van der Waals surface area contributed by atoms with E-state index in [1.165, 1.54) is 0 Å². The van der Waals surface area contributed by atoms with E-state index in [-0.39, 0.29) is 6.04 Å². The fourth-order valence-electron chi connectivity index (χ4n) is 1.92. The molecule has 1 aromatic carbocycles. The number of ether oxygens (including phenoxy) is 2. The van der Waals surface area contributed by atoms with Crippen molar-refractivity contribution in [2.24, 2.45) is 0 Å². The van der Waals surface area contributed by atoms with Crippen molar-refractivity contribution in [2.75, 3.05) is 14.2 Å². The Morgan fingerprint density at radius 3 is 2.70 bits per heavy atom. The van der Waals surface area contributed by atoms with Crippen LogP contribution in [0.25, 0.3) is 0 Å². The van der Waals surface area contributed by atoms with Gasteiger partial charge in [0.1, 0.15) is 16.5 Å². The molecule has 108 valence electrons. The monoisotopic (exact) mass is 292 g/mol. The summed E-state index contributed by atoms with van der Waals surface area (Å²) in [6, 6.07) is 6.08. The molecule has 0 saturated heterocycles. The highest BCUT2D eigenvalue weighted by Crippen LogP contribution is 2.25. The Kier molecular flexibility index (Phi) is 4.98. The predicted octanol–water partition coefficient (Wildman–Crippen LogP) is 3.32. The van der Waals surface area contributed by atoms with Crippen molar-refractivity contribution in [1.82, 2.24) is 10.3 Å². The Bertz CT molecular complexity index is 569. The average Bonchev–Trinajstić information content (AvgIpc) is 2.91. The first-order valence-electron chi connectivity index (χ1n) is 6.50. The number of aryl methyl sites for hydroxylation is 1. The summed E-state index contributed by atoms with van der Waals surface area (Å²) >= 11 is 1.68. The van der Waals surface area contributed by atoms with Crippen molar-refractivity contribution in [3.8, 4) is 11.5 Å². The summed E-state index contributed by atoms with van der Waals surface area (Å²) < 4.78 is 10.6. The van der Waals surface area contributed by atoms with Crippen LogP contribution < -0.4 is 14.8 Å². The zero-order valence-corrected chi connectivity index (χ0v) is 13.1. The lowest BCUT2D eigenvalue weighted by Gasteiger charge is -2.14. The quantitative estimate of drug-likeness (QED) is 0.887. The van der Waals surface area contributed by atoms with Gasteiger partial charge in [0.05, 0.1) is 20.3 Å². The summed E-state index contributed by atoms with van der Waals surface area (Å²) in [5.41, 5.74) is 2.18. The van der Waals surface area contributed by atoms with E-state index in [4.69, 9.17) is 9.47 Å². The number of hydrogen-bond donors (Lipinski definition) is 1. The minimum atomic E-state index is 0.223. The molecule has 20 heavy (non-hydrogen) atoms. The third-order valence-corrected chi connectivity index (χ3v) is 4.25. The van der Waals surface area contributed by atoms with E-state index in [0.29, 0.717) is 0 Å². The number of methoxy groups -OCH3 is 2. The van der Waals surface area contributed by atoms with Gasteiger partial charge in [-0.25, -0.2) is 4.98 Å². The van der Waals surface area contributed by atoms with Crippen molar-refractivity contribution in [1.29, 1.82) is 0 Å². The molecule has 0 aliphatic carbocycles. The lowest BCUT2D eigenvalue weighted by atomic mass is 10.2. The second-order valence-corrected chi connectivity index (χ2v) is 5.50. The fraction of sp³-hybridized carbons (Fsp3) is 0.400. The van der Waals surface area contributed by atoms with Gasteiger partial charge in [-0.05, 0) is 19.9 Å². The molecule has 4 nitrogen and oxygen atoms in total. The van der Waals surface area contributed by atoms with E-state index >= 15 is 0 Å². The first-order chi connectivity index (χ1) is 9.63. The maximum Gasteiger partial charge on any atom is 0.127 e. The number of thiazole rings is 1. The maximum atomic E-state index is 5.40. The fourth-order valence-corrected chi connectivity index (χ4v) is 2.75. The third kappa shape index (κ3) is 3.49. The molecule has 0 saturated carbocycles. The van der Waals surface area contributed by atoms with Crippen molar-refractivity contribution in [3.63, 3.8) is 0 Å². The Morgan fingerprint density at radius 1 is 1.30 bits per heavy atom. The lowest BCUT2D eigenvalue weighted by molar-refractivity contribution is 0.389. The lowest BCUT2D eigenvalue weighted by Crippen LogP contribution is -2.18. The van der Waals surface area contributed by atoms with Crippen LogP contribution in [0.1, 0.15) is 29.2 Å². The van der Waals surface area contributed by atoms with Crippen LogP contribution in [0.5, 0.6) is 11.5 Å². The first kappa shape index (κ1) is 14.8. The summed E-state index contributed by atoms with van der Waals surface area (Å²) in [5.74, 6) is 1.63. The van der Waals surface area contributed by atoms with Crippen LogP contribution in [0.2, 0.25) is 0 Å². The molecule has 2 aromatic rings. The second kappa shape index (κ2) is 6.72. The van der Waals surface area contributed by atoms with Gasteiger partial charge < -0.3 is 14.8 Å². The summed E-state index contributed by atoms with van der Waals surface area (Å²) in [4.78, 5) is 4.50. The van der Waals surface area contributed by atoms with Gasteiger partial charge in [0.25, 0.3) is 0 Å². The molecule has 1 unspecified atom stereocenters. The molecule has 5 heteroatoms. The summed E-state index contributed by atoms with van der Waals surface area (Å²) in [5, 5.41) is 6.65. The molecule has 0 bridgehead atoms. The molecule has 1 atom stereocenters. The van der Waals surface area contributed by atoms with Crippen LogP contribution in [-0.4, -0.2) is 19.2 Å². The Labute approximate surface area is 123 Å². The van der Waals surface area contributed by atoms with E-state index in [9.17, 15) is 0 Å². The van der Waals surface area contributed by atoms with Crippen LogP contribution in [0, 0.1) is 6.92 Å². The minimum absolute atomic E-state index is 0.223. The van der Waals surface area contributed by atoms with Crippen LogP contribution in [0.15, 0.2) is 23.6 Å². The molecular formula is C15H20N2O2S. The topological polar surface area (TPSA) is 43.4 Å². The van der Waals surface area contributed by atoms with Gasteiger partial charge in [-0.1, -0.05) is 6.07 Å². The highest BCUT2D eigenvalue weighted by molar-refractivity contribution is 7.09. The molecule has 0 aliphatic heterocycles. The van der Waals surface area contributed by atoms with Crippen LogP contribution >= 0.6 is 11.3 Å². The van der Waals surface area contributed by atoms with E-state index in [1.54, 1.807) is 25.6 Å². The molecule has 0 fully saturated rings. The molecule has 0 aliphatic rings. The number of aromatic nitrogens is 1. The van der Waals surface area contributed by atoms with Crippen LogP contribution in [0.4, 0.5) is 0 Å². The van der Waals surface area contributed by atoms with Crippen molar-refractivity contribution in [3.05, 3.63) is 39.8 Å². The van der Waals surface area contributed by atoms with Gasteiger partial charge in [0.15, 0.2) is 0 Å². The molecule has 0 amide bonds. The zero-order valence-electron chi connectivity index (χ0n) is 12.3. The van der Waals surface area contributed by atoms with Gasteiger partial charge in [-0.15, -0.1) is 11.3 Å². The van der Waals surface area contributed by atoms with Crippen LogP contribution in [0.3, 0.4) is 0 Å². The van der Waals surface area contributed by atoms with Gasteiger partial charge in [-0.2, -0.15) is 0 Å². The van der Waals surface area contributed by atoms with E-state index in [0.717, 1.165) is 34.3 Å². The van der Waals surface area contributed by atoms with Crippen molar-refractivity contribution < 1.29 is 9.47 Å². The smallest absolute Gasteiger partial charge is 0.127 e. The molecule has 1 aromatic heterocycles. The van der Waals surface area contributed by atoms with Gasteiger partial charge >= 0.3 is 0 Å². The molecule has 0 spiro atoms. The number of rotatable bonds is 6. The maximum absolute atomic E-state index is 5.40. The van der Waals surface area contributed by atoms with E-state index in [2.05, 4.69) is 22.6 Å².